The maximum atomic E-state index is 14.7. The number of allylic oxidation sites excluding steroid dienone is 2. The standard InChI is InChI=1S/C55H44N6O5S3/c1-65-59-45(44-36-69-54(56-44)58-55(41-25-11-4-12-26-41,42-27-13-5-14-28-42)43-29-15-6-16-30-43)49(62)57-46-50(63)61-47(53(64)66-48(37-19-7-2-8-20-37)38-21-9-3-10-22-38)40(35-68-52(46)61)24-18-33-60-32-17-23-39-31-34-67-51(39)60/h2-32,34,36,46,48,52H,33,35H2,1H3,(H-,56,57,58,62)/p+1/t46-,52-/m1/s1. The first kappa shape index (κ1) is 45.1. The molecule has 0 spiro atoms. The van der Waals surface area contributed by atoms with Crippen LogP contribution in [-0.4, -0.2) is 57.7 Å². The van der Waals surface area contributed by atoms with Crippen molar-refractivity contribution in [1.29, 1.82) is 0 Å². The van der Waals surface area contributed by atoms with Crippen LogP contribution in [-0.2, 0) is 36.0 Å². The number of anilines is 1. The Kier molecular flexibility index (Phi) is 13.3. The summed E-state index contributed by atoms with van der Waals surface area (Å²) in [6, 6.07) is 54.7. The fourth-order valence-corrected chi connectivity index (χ4v) is 11.8. The van der Waals surface area contributed by atoms with E-state index in [1.807, 2.05) is 140 Å². The summed E-state index contributed by atoms with van der Waals surface area (Å²) in [5.74, 6) is -1.38. The normalized spacial score (nSPS) is 16.1. The fraction of sp³-hybridized carbons (Fsp3) is 0.127. The smallest absolute Gasteiger partial charge is 0.356 e. The Balaban J connectivity index is 0.929. The van der Waals surface area contributed by atoms with Crippen molar-refractivity contribution in [3.8, 4) is 0 Å². The van der Waals surface area contributed by atoms with Gasteiger partial charge in [-0.3, -0.25) is 14.5 Å². The minimum Gasteiger partial charge on any atom is -0.448 e. The molecule has 8 aromatic rings. The van der Waals surface area contributed by atoms with Gasteiger partial charge in [-0.15, -0.1) is 23.1 Å². The lowest BCUT2D eigenvalue weighted by molar-refractivity contribution is -0.658. The molecular weight excluding hydrogens is 921 g/mol. The maximum absolute atomic E-state index is 14.7. The number of rotatable bonds is 16. The van der Waals surface area contributed by atoms with E-state index >= 15 is 0 Å². The van der Waals surface area contributed by atoms with Crippen LogP contribution in [0.5, 0.6) is 0 Å². The predicted molar refractivity (Wildman–Crippen MR) is 273 cm³/mol. The van der Waals surface area contributed by atoms with Crippen LogP contribution in [0.25, 0.3) is 10.2 Å². The minimum atomic E-state index is -0.984. The van der Waals surface area contributed by atoms with Gasteiger partial charge in [0.1, 0.15) is 35.5 Å². The highest BCUT2D eigenvalue weighted by Crippen LogP contribution is 2.43. The second-order valence-electron chi connectivity index (χ2n) is 16.2. The van der Waals surface area contributed by atoms with Gasteiger partial charge < -0.3 is 20.2 Å². The number of thiophene rings is 1. The van der Waals surface area contributed by atoms with Gasteiger partial charge in [0.2, 0.25) is 0 Å². The monoisotopic (exact) mass is 965 g/mol. The number of carbonyl (C=O) groups is 3. The number of esters is 1. The molecule has 0 unspecified atom stereocenters. The third-order valence-corrected chi connectivity index (χ3v) is 15.1. The van der Waals surface area contributed by atoms with Gasteiger partial charge in [-0.25, -0.2) is 9.78 Å². The number of thioether (sulfide) groups is 1. The molecule has 2 atom stereocenters. The van der Waals surface area contributed by atoms with E-state index in [0.717, 1.165) is 38.0 Å². The van der Waals surface area contributed by atoms with Gasteiger partial charge in [0.05, 0.1) is 5.39 Å². The SMILES string of the molecule is CON=C(C(=O)N[C@@H]1C(=O)N2C(C(=O)OC(c3ccccc3)c3ccccc3)=C(C=CC[n+]3cccc4ccsc43)CS[C@H]12)c1csc(NC(c2ccccc2)(c2ccccc2)c2ccccc2)n1. The summed E-state index contributed by atoms with van der Waals surface area (Å²) in [4.78, 5) is 56.2. The molecule has 0 bridgehead atoms. The number of oxime groups is 1. The molecule has 5 heterocycles. The van der Waals surface area contributed by atoms with E-state index in [-0.39, 0.29) is 17.1 Å². The number of fused-ring (bicyclic) bond motifs is 2. The highest BCUT2D eigenvalue weighted by Gasteiger charge is 2.55. The summed E-state index contributed by atoms with van der Waals surface area (Å²) in [6.45, 7) is 0.544. The number of β-lactam (4-membered cyclic amide) rings is 1. The second-order valence-corrected chi connectivity index (χ2v) is 19.1. The molecule has 0 radical (unpaired) electrons. The molecule has 0 saturated carbocycles. The van der Waals surface area contributed by atoms with E-state index in [1.54, 1.807) is 16.7 Å². The summed E-state index contributed by atoms with van der Waals surface area (Å²) in [5, 5.41) is 15.7. The van der Waals surface area contributed by atoms with E-state index in [0.29, 0.717) is 23.0 Å². The van der Waals surface area contributed by atoms with Crippen molar-refractivity contribution in [2.75, 3.05) is 18.2 Å². The van der Waals surface area contributed by atoms with Gasteiger partial charge in [0, 0.05) is 17.2 Å². The lowest BCUT2D eigenvalue weighted by Crippen LogP contribution is -2.71. The first-order valence-corrected chi connectivity index (χ1v) is 25.1. The molecule has 0 aliphatic carbocycles. The van der Waals surface area contributed by atoms with Crippen LogP contribution in [0.1, 0.15) is 39.6 Å². The number of hydrogen-bond donors (Lipinski definition) is 2. The van der Waals surface area contributed by atoms with Gasteiger partial charge in [-0.2, -0.15) is 4.57 Å². The number of thiazole rings is 1. The molecule has 2 aliphatic heterocycles. The molecule has 10 rings (SSSR count). The number of pyridine rings is 1. The van der Waals surface area contributed by atoms with Crippen LogP contribution in [0, 0.1) is 0 Å². The molecule has 1 saturated heterocycles. The summed E-state index contributed by atoms with van der Waals surface area (Å²) in [7, 11) is 1.35. The number of aromatic nitrogens is 2. The zero-order chi connectivity index (χ0) is 47.2. The van der Waals surface area contributed by atoms with Crippen molar-refractivity contribution < 1.29 is 28.5 Å². The first-order chi connectivity index (χ1) is 33.9. The topological polar surface area (TPSA) is 126 Å². The van der Waals surface area contributed by atoms with Crippen molar-refractivity contribution in [3.63, 3.8) is 0 Å². The molecule has 69 heavy (non-hydrogen) atoms. The van der Waals surface area contributed by atoms with Crippen LogP contribution in [0.2, 0.25) is 0 Å². The summed E-state index contributed by atoms with van der Waals surface area (Å²) in [6.07, 6.45) is 5.17. The lowest BCUT2D eigenvalue weighted by atomic mass is 9.77. The average molecular weight is 966 g/mol. The van der Waals surface area contributed by atoms with Crippen molar-refractivity contribution in [3.05, 3.63) is 244 Å². The number of nitrogens with one attached hydrogen (secondary N) is 2. The van der Waals surface area contributed by atoms with E-state index in [9.17, 15) is 14.4 Å². The average Bonchev–Trinajstić information content (AvgIpc) is 4.10. The molecule has 2 amide bonds. The number of amides is 2. The quantitative estimate of drug-likeness (QED) is 0.0245. The minimum absolute atomic E-state index is 0.107. The van der Waals surface area contributed by atoms with E-state index in [1.165, 1.54) is 35.1 Å². The molecule has 1 fully saturated rings. The number of ether oxygens (including phenoxy) is 1. The fourth-order valence-electron chi connectivity index (χ4n) is 8.84. The van der Waals surface area contributed by atoms with Crippen LogP contribution >= 0.6 is 34.4 Å². The number of hydrogen-bond acceptors (Lipinski definition) is 11. The molecule has 342 valence electrons. The van der Waals surface area contributed by atoms with Crippen LogP contribution in [0.15, 0.2) is 215 Å². The number of carbonyl (C=O) groups excluding carboxylic acids is 3. The Morgan fingerprint density at radius 3 is 2.00 bits per heavy atom. The Hall–Kier alpha value is -7.65. The van der Waals surface area contributed by atoms with Crippen LogP contribution < -0.4 is 15.2 Å². The molecule has 2 N–H and O–H groups in total. The predicted octanol–water partition coefficient (Wildman–Crippen LogP) is 9.64. The Morgan fingerprint density at radius 2 is 1.41 bits per heavy atom. The zero-order valence-electron chi connectivity index (χ0n) is 37.3. The molecule has 2 aliphatic rings. The molecule has 11 nitrogen and oxygen atoms in total. The van der Waals surface area contributed by atoms with E-state index in [2.05, 4.69) is 74.3 Å². The van der Waals surface area contributed by atoms with Gasteiger partial charge in [0.25, 0.3) is 16.6 Å². The van der Waals surface area contributed by atoms with E-state index in [4.69, 9.17) is 14.6 Å². The molecule has 3 aromatic heterocycles. The summed E-state index contributed by atoms with van der Waals surface area (Å²) < 4.78 is 8.54. The lowest BCUT2D eigenvalue weighted by Gasteiger charge is -2.49. The Morgan fingerprint density at radius 1 is 0.812 bits per heavy atom. The Labute approximate surface area is 411 Å². The van der Waals surface area contributed by atoms with Crippen molar-refractivity contribution in [2.24, 2.45) is 5.16 Å². The third kappa shape index (κ3) is 9.09. The molecular formula is C55H45N6O5S3+. The Bertz CT molecular complexity index is 3060. The summed E-state index contributed by atoms with van der Waals surface area (Å²) >= 11 is 4.43. The zero-order valence-corrected chi connectivity index (χ0v) is 39.7. The first-order valence-electron chi connectivity index (χ1n) is 22.3. The number of benzene rings is 5. The van der Waals surface area contributed by atoms with E-state index < -0.39 is 40.8 Å². The molecule has 14 heteroatoms. The van der Waals surface area contributed by atoms with Gasteiger partial charge in [0.15, 0.2) is 29.7 Å². The van der Waals surface area contributed by atoms with Crippen molar-refractivity contribution in [1.82, 2.24) is 15.2 Å². The van der Waals surface area contributed by atoms with Gasteiger partial charge in [-0.1, -0.05) is 174 Å². The largest absolute Gasteiger partial charge is 0.448 e. The third-order valence-electron chi connectivity index (χ3n) is 12.1. The van der Waals surface area contributed by atoms with Gasteiger partial charge in [-0.05, 0) is 57.0 Å². The highest BCUT2D eigenvalue weighted by atomic mass is 32.2. The summed E-state index contributed by atoms with van der Waals surface area (Å²) in [5.41, 5.74) is 4.60. The molecule has 5 aromatic carbocycles. The van der Waals surface area contributed by atoms with Crippen LogP contribution in [0.4, 0.5) is 5.13 Å². The van der Waals surface area contributed by atoms with Crippen molar-refractivity contribution >= 4 is 73.3 Å². The van der Waals surface area contributed by atoms with Gasteiger partial charge >= 0.3 is 5.97 Å². The van der Waals surface area contributed by atoms with Crippen molar-refractivity contribution in [2.45, 2.75) is 29.6 Å². The number of nitrogens with zero attached hydrogens (tertiary/aromatic N) is 4. The highest BCUT2D eigenvalue weighted by molar-refractivity contribution is 8.00. The maximum Gasteiger partial charge on any atom is 0.356 e. The second kappa shape index (κ2) is 20.3. The van der Waals surface area contributed by atoms with Crippen LogP contribution in [0.3, 0.4) is 0 Å².